The largest absolute Gasteiger partial charge is 0.305 e. The molecule has 0 aromatic carbocycles. The Morgan fingerprint density at radius 3 is 2.80 bits per heavy atom. The van der Waals surface area contributed by atoms with E-state index >= 15 is 0 Å². The molecule has 15 heavy (non-hydrogen) atoms. The molecule has 1 rings (SSSR count). The van der Waals surface area contributed by atoms with E-state index in [1.807, 2.05) is 11.3 Å². The van der Waals surface area contributed by atoms with Crippen molar-refractivity contribution >= 4 is 27.3 Å². The lowest BCUT2D eigenvalue weighted by Gasteiger charge is -2.19. The van der Waals surface area contributed by atoms with Gasteiger partial charge < -0.3 is 5.32 Å². The van der Waals surface area contributed by atoms with Crippen LogP contribution in [0.1, 0.15) is 31.2 Å². The zero-order chi connectivity index (χ0) is 11.3. The quantitative estimate of drug-likeness (QED) is 0.821. The van der Waals surface area contributed by atoms with Crippen molar-refractivity contribution in [1.29, 1.82) is 0 Å². The van der Waals surface area contributed by atoms with Crippen molar-refractivity contribution in [2.75, 3.05) is 6.54 Å². The summed E-state index contributed by atoms with van der Waals surface area (Å²) in [6.45, 7) is 9.18. The van der Waals surface area contributed by atoms with E-state index < -0.39 is 0 Å². The molecule has 0 aliphatic heterocycles. The maximum absolute atomic E-state index is 3.85. The summed E-state index contributed by atoms with van der Waals surface area (Å²) < 4.78 is 1.01. The van der Waals surface area contributed by atoms with E-state index in [2.05, 4.69) is 59.2 Å². The predicted molar refractivity (Wildman–Crippen MR) is 72.6 cm³/mol. The van der Waals surface area contributed by atoms with E-state index in [-0.39, 0.29) is 0 Å². The molecule has 3 heteroatoms. The minimum atomic E-state index is 0.458. The molecule has 0 saturated heterocycles. The second-order valence-corrected chi connectivity index (χ2v) is 6.20. The average Bonchev–Trinajstić information content (AvgIpc) is 2.63. The van der Waals surface area contributed by atoms with E-state index in [9.17, 15) is 0 Å². The van der Waals surface area contributed by atoms with E-state index in [4.69, 9.17) is 0 Å². The molecule has 84 valence electrons. The van der Waals surface area contributed by atoms with Gasteiger partial charge in [0.05, 0.1) is 0 Å². The Morgan fingerprint density at radius 2 is 2.33 bits per heavy atom. The van der Waals surface area contributed by atoms with Gasteiger partial charge in [0.25, 0.3) is 0 Å². The third-order valence-corrected chi connectivity index (χ3v) is 3.40. The van der Waals surface area contributed by atoms with Gasteiger partial charge in [-0.1, -0.05) is 42.4 Å². The molecule has 1 unspecified atom stereocenters. The normalized spacial score (nSPS) is 13.1. The molecular formula is C12H18BrNS. The summed E-state index contributed by atoms with van der Waals surface area (Å²) in [5.74, 6) is 0.702. The van der Waals surface area contributed by atoms with Crippen molar-refractivity contribution in [3.63, 3.8) is 0 Å². The van der Waals surface area contributed by atoms with E-state index in [1.165, 1.54) is 11.3 Å². The van der Waals surface area contributed by atoms with Crippen LogP contribution >= 0.6 is 27.3 Å². The Kier molecular flexibility index (Phi) is 5.58. The molecule has 1 aromatic rings. The summed E-state index contributed by atoms with van der Waals surface area (Å²) in [5.41, 5.74) is 0. The van der Waals surface area contributed by atoms with Gasteiger partial charge in [0.1, 0.15) is 0 Å². The van der Waals surface area contributed by atoms with Crippen molar-refractivity contribution in [3.8, 4) is 0 Å². The van der Waals surface area contributed by atoms with E-state index in [1.54, 1.807) is 0 Å². The highest BCUT2D eigenvalue weighted by Gasteiger charge is 2.13. The van der Waals surface area contributed by atoms with Gasteiger partial charge in [-0.25, -0.2) is 0 Å². The first-order valence-electron chi connectivity index (χ1n) is 5.19. The fraction of sp³-hybridized carbons (Fsp3) is 0.500. The Balaban J connectivity index is 2.57. The molecule has 0 aliphatic carbocycles. The van der Waals surface area contributed by atoms with E-state index in [0.29, 0.717) is 12.0 Å². The molecule has 0 fully saturated rings. The molecule has 0 saturated carbocycles. The van der Waals surface area contributed by atoms with Crippen LogP contribution in [0.4, 0.5) is 0 Å². The summed E-state index contributed by atoms with van der Waals surface area (Å²) >= 11 is 5.20. The number of thiophene rings is 1. The summed E-state index contributed by atoms with van der Waals surface area (Å²) in [6, 6.07) is 4.76. The van der Waals surface area contributed by atoms with Crippen LogP contribution in [0.25, 0.3) is 0 Å². The van der Waals surface area contributed by atoms with Gasteiger partial charge in [-0.2, -0.15) is 0 Å². The molecule has 0 amide bonds. The fourth-order valence-corrected chi connectivity index (χ4v) is 2.47. The third-order valence-electron chi connectivity index (χ3n) is 2.13. The fourth-order valence-electron chi connectivity index (χ4n) is 1.49. The van der Waals surface area contributed by atoms with Gasteiger partial charge in [-0.15, -0.1) is 11.3 Å². The van der Waals surface area contributed by atoms with Crippen LogP contribution in [-0.2, 0) is 0 Å². The Morgan fingerprint density at radius 1 is 1.60 bits per heavy atom. The zero-order valence-corrected chi connectivity index (χ0v) is 11.7. The van der Waals surface area contributed by atoms with Gasteiger partial charge in [-0.05, 0) is 23.8 Å². The van der Waals surface area contributed by atoms with Crippen molar-refractivity contribution in [1.82, 2.24) is 5.32 Å². The highest BCUT2D eigenvalue weighted by molar-refractivity contribution is 9.11. The van der Waals surface area contributed by atoms with Gasteiger partial charge >= 0.3 is 0 Å². The first-order chi connectivity index (χ1) is 7.09. The van der Waals surface area contributed by atoms with Gasteiger partial charge in [0.15, 0.2) is 0 Å². The zero-order valence-electron chi connectivity index (χ0n) is 9.29. The molecular weight excluding hydrogens is 270 g/mol. The second kappa shape index (κ2) is 6.46. The third kappa shape index (κ3) is 4.96. The second-order valence-electron chi connectivity index (χ2n) is 4.10. The molecule has 1 atom stereocenters. The molecule has 1 nitrogen and oxygen atoms in total. The van der Waals surface area contributed by atoms with Gasteiger partial charge in [0, 0.05) is 21.9 Å². The van der Waals surface area contributed by atoms with Crippen LogP contribution in [-0.4, -0.2) is 6.54 Å². The molecule has 1 aromatic heterocycles. The maximum Gasteiger partial charge on any atom is 0.0420 e. The summed E-state index contributed by atoms with van der Waals surface area (Å²) in [5, 5.41) is 5.65. The number of rotatable bonds is 6. The Bertz CT molecular complexity index is 293. The highest BCUT2D eigenvalue weighted by Crippen LogP contribution is 2.25. The minimum absolute atomic E-state index is 0.458. The Labute approximate surface area is 105 Å². The highest BCUT2D eigenvalue weighted by atomic mass is 79.9. The minimum Gasteiger partial charge on any atom is -0.305 e. The number of halogens is 1. The monoisotopic (exact) mass is 287 g/mol. The van der Waals surface area contributed by atoms with Crippen molar-refractivity contribution < 1.29 is 0 Å². The van der Waals surface area contributed by atoms with Gasteiger partial charge in [-0.3, -0.25) is 0 Å². The van der Waals surface area contributed by atoms with Crippen LogP contribution in [0.15, 0.2) is 28.6 Å². The summed E-state index contributed by atoms with van der Waals surface area (Å²) in [4.78, 5) is 1.41. The number of hydrogen-bond donors (Lipinski definition) is 1. The summed E-state index contributed by atoms with van der Waals surface area (Å²) in [7, 11) is 0. The van der Waals surface area contributed by atoms with Crippen LogP contribution < -0.4 is 5.32 Å². The lowest BCUT2D eigenvalue weighted by molar-refractivity contribution is 0.449. The molecule has 0 spiro atoms. The molecule has 0 radical (unpaired) electrons. The van der Waals surface area contributed by atoms with Crippen LogP contribution in [0.5, 0.6) is 0 Å². The number of nitrogens with one attached hydrogen (secondary N) is 1. The average molecular weight is 288 g/mol. The lowest BCUT2D eigenvalue weighted by atomic mass is 10.0. The van der Waals surface area contributed by atoms with Crippen LogP contribution in [0.3, 0.4) is 0 Å². The predicted octanol–water partition coefficient (Wildman–Crippen LogP) is 4.33. The van der Waals surface area contributed by atoms with Crippen molar-refractivity contribution in [2.24, 2.45) is 5.92 Å². The topological polar surface area (TPSA) is 12.0 Å². The van der Waals surface area contributed by atoms with E-state index in [0.717, 1.165) is 11.0 Å². The molecule has 1 N–H and O–H groups in total. The first kappa shape index (κ1) is 12.9. The molecule has 1 heterocycles. The van der Waals surface area contributed by atoms with Gasteiger partial charge in [0.2, 0.25) is 0 Å². The lowest BCUT2D eigenvalue weighted by Crippen LogP contribution is -2.23. The van der Waals surface area contributed by atoms with Crippen LogP contribution in [0.2, 0.25) is 0 Å². The summed E-state index contributed by atoms with van der Waals surface area (Å²) in [6.07, 6.45) is 1.17. The molecule has 0 aliphatic rings. The maximum atomic E-state index is 3.85. The standard InChI is InChI=1S/C12H18BrNS/c1-9(2)7-11(14-8-10(3)13)12-5-4-6-15-12/h4-6,9,11,14H,3,7-8H2,1-2H3. The Hall–Kier alpha value is -0.120. The smallest absolute Gasteiger partial charge is 0.0420 e. The van der Waals surface area contributed by atoms with Crippen LogP contribution in [0, 0.1) is 5.92 Å². The number of hydrogen-bond acceptors (Lipinski definition) is 2. The van der Waals surface area contributed by atoms with Crippen molar-refractivity contribution in [2.45, 2.75) is 26.3 Å². The molecule has 0 bridgehead atoms. The first-order valence-corrected chi connectivity index (χ1v) is 6.87. The SMILES string of the molecule is C=C(Br)CNC(CC(C)C)c1cccs1. The van der Waals surface area contributed by atoms with Crippen molar-refractivity contribution in [3.05, 3.63) is 33.5 Å².